The molecule has 16 heavy (non-hydrogen) atoms. The first-order valence-corrected chi connectivity index (χ1v) is 5.85. The summed E-state index contributed by atoms with van der Waals surface area (Å²) < 4.78 is 5.47. The first kappa shape index (κ1) is 11.5. The molecule has 1 aliphatic rings. The molecule has 1 atom stereocenters. The van der Waals surface area contributed by atoms with E-state index in [0.29, 0.717) is 0 Å². The lowest BCUT2D eigenvalue weighted by Crippen LogP contribution is -2.42. The molecular weight excluding hydrogens is 272 g/mol. The largest absolute Gasteiger partial charge is 0.468 e. The number of esters is 1. The summed E-state index contributed by atoms with van der Waals surface area (Å²) in [5.41, 5.74) is 6.67. The fourth-order valence-electron chi connectivity index (χ4n) is 1.94. The van der Waals surface area contributed by atoms with Crippen molar-refractivity contribution < 1.29 is 9.53 Å². The maximum atomic E-state index is 11.5. The molecule has 1 heterocycles. The summed E-state index contributed by atoms with van der Waals surface area (Å²) in [5, 5.41) is 0. The van der Waals surface area contributed by atoms with Crippen LogP contribution in [0.25, 0.3) is 0 Å². The van der Waals surface area contributed by atoms with Crippen LogP contribution in [0.15, 0.2) is 22.9 Å². The van der Waals surface area contributed by atoms with Gasteiger partial charge < -0.3 is 10.5 Å². The number of aromatic nitrogens is 1. The average Bonchev–Trinajstić information content (AvgIpc) is 3.09. The van der Waals surface area contributed by atoms with Gasteiger partial charge in [0.2, 0.25) is 0 Å². The van der Waals surface area contributed by atoms with Crippen LogP contribution in [0.5, 0.6) is 0 Å². The second kappa shape index (κ2) is 4.14. The first-order chi connectivity index (χ1) is 7.60. The van der Waals surface area contributed by atoms with Gasteiger partial charge in [-0.25, -0.2) is 4.98 Å². The summed E-state index contributed by atoms with van der Waals surface area (Å²) in [6, 6.07) is 3.22. The number of carbonyl (C=O) groups excluding carboxylic acids is 1. The predicted molar refractivity (Wildman–Crippen MR) is 62.8 cm³/mol. The average molecular weight is 285 g/mol. The highest BCUT2D eigenvalue weighted by Crippen LogP contribution is 2.50. The SMILES string of the molecule is COC(=O)C(N)C1(c2ccc(Br)nc2)CC1. The Labute approximate surface area is 102 Å². The Balaban J connectivity index is 2.26. The number of carbonyl (C=O) groups is 1. The minimum Gasteiger partial charge on any atom is -0.468 e. The molecular formula is C11H13BrN2O2. The molecule has 0 aromatic carbocycles. The number of nitrogens with zero attached hydrogens (tertiary/aromatic N) is 1. The molecule has 4 nitrogen and oxygen atoms in total. The zero-order valence-electron chi connectivity index (χ0n) is 8.94. The molecule has 1 aromatic heterocycles. The highest BCUT2D eigenvalue weighted by Gasteiger charge is 2.52. The van der Waals surface area contributed by atoms with Crippen molar-refractivity contribution in [2.24, 2.45) is 5.73 Å². The number of hydrogen-bond donors (Lipinski definition) is 1. The number of hydrogen-bond acceptors (Lipinski definition) is 4. The molecule has 1 aliphatic carbocycles. The van der Waals surface area contributed by atoms with Crippen molar-refractivity contribution in [3.63, 3.8) is 0 Å². The van der Waals surface area contributed by atoms with E-state index < -0.39 is 6.04 Å². The van der Waals surface area contributed by atoms with E-state index in [1.54, 1.807) is 6.20 Å². The zero-order chi connectivity index (χ0) is 11.8. The molecule has 0 bridgehead atoms. The number of nitrogens with two attached hydrogens (primary N) is 1. The monoisotopic (exact) mass is 284 g/mol. The third kappa shape index (κ3) is 1.85. The molecule has 1 fully saturated rings. The van der Waals surface area contributed by atoms with Crippen LogP contribution in [0.4, 0.5) is 0 Å². The minimum atomic E-state index is -0.597. The second-order valence-corrected chi connectivity index (χ2v) is 4.84. The second-order valence-electron chi connectivity index (χ2n) is 4.03. The number of methoxy groups -OCH3 is 1. The molecule has 0 saturated heterocycles. The van der Waals surface area contributed by atoms with Crippen molar-refractivity contribution in [2.75, 3.05) is 7.11 Å². The smallest absolute Gasteiger partial charge is 0.323 e. The summed E-state index contributed by atoms with van der Waals surface area (Å²) >= 11 is 3.28. The Morgan fingerprint density at radius 1 is 1.62 bits per heavy atom. The van der Waals surface area contributed by atoms with Gasteiger partial charge in [0, 0.05) is 11.6 Å². The van der Waals surface area contributed by atoms with E-state index in [-0.39, 0.29) is 11.4 Å². The molecule has 1 saturated carbocycles. The van der Waals surface area contributed by atoms with Gasteiger partial charge in [0.1, 0.15) is 10.6 Å². The molecule has 2 rings (SSSR count). The van der Waals surface area contributed by atoms with E-state index in [9.17, 15) is 4.79 Å². The molecule has 86 valence electrons. The zero-order valence-corrected chi connectivity index (χ0v) is 10.5. The number of pyridine rings is 1. The molecule has 0 aliphatic heterocycles. The summed E-state index contributed by atoms with van der Waals surface area (Å²) in [6.07, 6.45) is 3.58. The topological polar surface area (TPSA) is 65.2 Å². The third-order valence-electron chi connectivity index (χ3n) is 3.14. The Kier molecular flexibility index (Phi) is 2.99. The Morgan fingerprint density at radius 3 is 2.75 bits per heavy atom. The maximum absolute atomic E-state index is 11.5. The van der Waals surface area contributed by atoms with Gasteiger partial charge in [0.15, 0.2) is 0 Å². The standard InChI is InChI=1S/C11H13BrN2O2/c1-16-10(15)9(13)11(4-5-11)7-2-3-8(12)14-6-7/h2-3,6,9H,4-5,13H2,1H3. The Hall–Kier alpha value is -0.940. The molecule has 0 radical (unpaired) electrons. The summed E-state index contributed by atoms with van der Waals surface area (Å²) in [6.45, 7) is 0. The van der Waals surface area contributed by atoms with Gasteiger partial charge in [0.05, 0.1) is 7.11 Å². The van der Waals surface area contributed by atoms with Crippen molar-refractivity contribution in [1.29, 1.82) is 0 Å². The van der Waals surface area contributed by atoms with Crippen LogP contribution >= 0.6 is 15.9 Å². The molecule has 1 unspecified atom stereocenters. The van der Waals surface area contributed by atoms with Crippen LogP contribution in [-0.4, -0.2) is 24.1 Å². The third-order valence-corrected chi connectivity index (χ3v) is 3.61. The van der Waals surface area contributed by atoms with Crippen LogP contribution in [0.1, 0.15) is 18.4 Å². The quantitative estimate of drug-likeness (QED) is 0.673. The van der Waals surface area contributed by atoms with Crippen molar-refractivity contribution in [3.8, 4) is 0 Å². The van der Waals surface area contributed by atoms with Crippen LogP contribution in [0.3, 0.4) is 0 Å². The van der Waals surface area contributed by atoms with Crippen molar-refractivity contribution in [3.05, 3.63) is 28.5 Å². The lowest BCUT2D eigenvalue weighted by molar-refractivity contribution is -0.143. The molecule has 0 amide bonds. The van der Waals surface area contributed by atoms with Crippen molar-refractivity contribution >= 4 is 21.9 Å². The van der Waals surface area contributed by atoms with Gasteiger partial charge in [0.25, 0.3) is 0 Å². The molecule has 1 aromatic rings. The van der Waals surface area contributed by atoms with E-state index in [1.165, 1.54) is 7.11 Å². The predicted octanol–water partition coefficient (Wildman–Crippen LogP) is 1.38. The number of rotatable bonds is 3. The normalized spacial score (nSPS) is 18.9. The summed E-state index contributed by atoms with van der Waals surface area (Å²) in [4.78, 5) is 15.6. The lowest BCUT2D eigenvalue weighted by Gasteiger charge is -2.21. The number of ether oxygens (including phenoxy) is 1. The Bertz CT molecular complexity index is 401. The van der Waals surface area contributed by atoms with Crippen LogP contribution in [0.2, 0.25) is 0 Å². The van der Waals surface area contributed by atoms with E-state index in [4.69, 9.17) is 5.73 Å². The summed E-state index contributed by atoms with van der Waals surface area (Å²) in [7, 11) is 1.36. The van der Waals surface area contributed by atoms with E-state index in [2.05, 4.69) is 25.7 Å². The van der Waals surface area contributed by atoms with Crippen molar-refractivity contribution in [1.82, 2.24) is 4.98 Å². The van der Waals surface area contributed by atoms with Gasteiger partial charge in [-0.1, -0.05) is 6.07 Å². The number of halogens is 1. The Morgan fingerprint density at radius 2 is 2.31 bits per heavy atom. The molecule has 0 spiro atoms. The van der Waals surface area contributed by atoms with Gasteiger partial charge in [-0.3, -0.25) is 4.79 Å². The summed E-state index contributed by atoms with van der Waals surface area (Å²) in [5.74, 6) is -0.361. The van der Waals surface area contributed by atoms with Gasteiger partial charge >= 0.3 is 5.97 Å². The molecule has 5 heteroatoms. The molecule has 2 N–H and O–H groups in total. The highest BCUT2D eigenvalue weighted by atomic mass is 79.9. The fourth-order valence-corrected chi connectivity index (χ4v) is 2.17. The first-order valence-electron chi connectivity index (χ1n) is 5.05. The highest BCUT2D eigenvalue weighted by molar-refractivity contribution is 9.10. The maximum Gasteiger partial charge on any atom is 0.323 e. The van der Waals surface area contributed by atoms with Gasteiger partial charge in [-0.15, -0.1) is 0 Å². The van der Waals surface area contributed by atoms with Crippen LogP contribution in [0, 0.1) is 0 Å². The van der Waals surface area contributed by atoms with Gasteiger partial charge in [-0.05, 0) is 40.4 Å². The fraction of sp³-hybridized carbons (Fsp3) is 0.455. The minimum absolute atomic E-state index is 0.263. The van der Waals surface area contributed by atoms with E-state index in [0.717, 1.165) is 23.0 Å². The van der Waals surface area contributed by atoms with E-state index in [1.807, 2.05) is 12.1 Å². The van der Waals surface area contributed by atoms with Crippen LogP contribution in [-0.2, 0) is 14.9 Å². The van der Waals surface area contributed by atoms with Crippen molar-refractivity contribution in [2.45, 2.75) is 24.3 Å². The lowest BCUT2D eigenvalue weighted by atomic mass is 9.90. The van der Waals surface area contributed by atoms with Crippen LogP contribution < -0.4 is 5.73 Å². The van der Waals surface area contributed by atoms with Gasteiger partial charge in [-0.2, -0.15) is 0 Å². The van der Waals surface area contributed by atoms with E-state index >= 15 is 0 Å².